The molecule has 13 heteroatoms. The molecule has 2 aromatic heterocycles. The standard InChI is InChI=1S/C32H36N2O11/c1-16(2)19(11-17-9-10-33-13-17)14-34-30(41)32(42)28(38)26(37)27(29(39)40)45-31(32)44-21-7-8-22-24(12-21)43-15-23(25(22)36)18-3-5-20(35)6-4-18/h3-10,12-13,15-16,19,26-28,30-31,33-35,37-38,41-42H,11,14H2,1-2H3,(H,39,40). The number of rotatable bonds is 11. The van der Waals surface area contributed by atoms with E-state index in [2.05, 4.69) is 10.3 Å². The zero-order valence-corrected chi connectivity index (χ0v) is 24.5. The Morgan fingerprint density at radius 3 is 2.51 bits per heavy atom. The highest BCUT2D eigenvalue weighted by Gasteiger charge is 2.61. The van der Waals surface area contributed by atoms with Gasteiger partial charge < -0.3 is 49.5 Å². The number of ether oxygens (including phenoxy) is 2. The predicted octanol–water partition coefficient (Wildman–Crippen LogP) is 1.56. The second-order valence-electron chi connectivity index (χ2n) is 11.6. The van der Waals surface area contributed by atoms with Gasteiger partial charge in [0, 0.05) is 25.0 Å². The van der Waals surface area contributed by atoms with E-state index in [0.29, 0.717) is 12.0 Å². The number of hydrogen-bond acceptors (Lipinski definition) is 11. The van der Waals surface area contributed by atoms with Crippen molar-refractivity contribution in [3.63, 3.8) is 0 Å². The first-order chi connectivity index (χ1) is 21.4. The van der Waals surface area contributed by atoms with Crippen molar-refractivity contribution in [3.05, 3.63) is 83.0 Å². The topological polar surface area (TPSA) is 215 Å². The number of carboxylic acid groups (broad SMARTS) is 1. The number of aliphatic hydroxyl groups is 4. The summed E-state index contributed by atoms with van der Waals surface area (Å²) in [6.07, 6.45) is -4.75. The maximum absolute atomic E-state index is 13.2. The molecule has 4 aromatic rings. The quantitative estimate of drug-likeness (QED) is 0.112. The van der Waals surface area contributed by atoms with Gasteiger partial charge >= 0.3 is 5.97 Å². The van der Waals surface area contributed by atoms with Crippen LogP contribution in [-0.4, -0.2) is 84.6 Å². The molecule has 5 rings (SSSR count). The molecule has 1 saturated heterocycles. The number of aromatic hydroxyl groups is 1. The molecule has 7 atom stereocenters. The SMILES string of the molecule is CC(C)C(CNC(O)C1(O)C(Oc2ccc3c(=O)c(-c4ccc(O)cc4)coc3c2)OC(C(=O)O)C(O)C1O)Cc1cc[nH]c1. The Bertz CT molecular complexity index is 1670. The lowest BCUT2D eigenvalue weighted by Crippen LogP contribution is -2.75. The molecule has 8 N–H and O–H groups in total. The lowest BCUT2D eigenvalue weighted by molar-refractivity contribution is -0.338. The molecular weight excluding hydrogens is 588 g/mol. The van der Waals surface area contributed by atoms with Crippen molar-refractivity contribution in [2.45, 2.75) is 56.7 Å². The zero-order valence-electron chi connectivity index (χ0n) is 24.5. The molecule has 0 bridgehead atoms. The number of hydrogen-bond donors (Lipinski definition) is 8. The molecule has 0 amide bonds. The van der Waals surface area contributed by atoms with Crippen molar-refractivity contribution in [1.29, 1.82) is 0 Å². The lowest BCUT2D eigenvalue weighted by Gasteiger charge is -2.48. The van der Waals surface area contributed by atoms with Gasteiger partial charge in [0.05, 0.1) is 10.9 Å². The molecule has 0 spiro atoms. The Kier molecular flexibility index (Phi) is 9.30. The van der Waals surface area contributed by atoms with E-state index in [-0.39, 0.29) is 51.8 Å². The number of aromatic amines is 1. The van der Waals surface area contributed by atoms with Crippen LogP contribution in [0.2, 0.25) is 0 Å². The van der Waals surface area contributed by atoms with Crippen LogP contribution < -0.4 is 15.5 Å². The minimum absolute atomic E-state index is 0.0217. The van der Waals surface area contributed by atoms with Gasteiger partial charge in [0.2, 0.25) is 6.29 Å². The smallest absolute Gasteiger partial charge is 0.335 e. The van der Waals surface area contributed by atoms with Crippen LogP contribution in [0.15, 0.2) is 76.4 Å². The highest BCUT2D eigenvalue weighted by molar-refractivity contribution is 5.82. The predicted molar refractivity (Wildman–Crippen MR) is 160 cm³/mol. The van der Waals surface area contributed by atoms with Gasteiger partial charge in [-0.05, 0) is 59.7 Å². The third-order valence-electron chi connectivity index (χ3n) is 8.28. The van der Waals surface area contributed by atoms with E-state index in [1.807, 2.05) is 26.1 Å². The first kappa shape index (κ1) is 32.2. The van der Waals surface area contributed by atoms with Crippen molar-refractivity contribution >= 4 is 16.9 Å². The normalized spacial score (nSPS) is 24.9. The van der Waals surface area contributed by atoms with E-state index >= 15 is 0 Å². The Morgan fingerprint density at radius 2 is 1.87 bits per heavy atom. The number of fused-ring (bicyclic) bond motifs is 1. The molecule has 1 fully saturated rings. The average Bonchev–Trinajstić information content (AvgIpc) is 3.53. The number of phenolic OH excluding ortho intramolecular Hbond substituents is 1. The van der Waals surface area contributed by atoms with Gasteiger partial charge in [-0.2, -0.15) is 0 Å². The zero-order chi connectivity index (χ0) is 32.5. The Balaban J connectivity index is 1.42. The van der Waals surface area contributed by atoms with Crippen molar-refractivity contribution in [2.75, 3.05) is 6.54 Å². The number of aliphatic hydroxyl groups excluding tert-OH is 3. The van der Waals surface area contributed by atoms with Crippen LogP contribution in [0.3, 0.4) is 0 Å². The van der Waals surface area contributed by atoms with E-state index in [1.54, 1.807) is 18.3 Å². The molecule has 7 unspecified atom stereocenters. The number of aromatic nitrogens is 1. The van der Waals surface area contributed by atoms with Gasteiger partial charge in [0.15, 0.2) is 17.1 Å². The van der Waals surface area contributed by atoms with Crippen molar-refractivity contribution in [1.82, 2.24) is 10.3 Å². The summed E-state index contributed by atoms with van der Waals surface area (Å²) in [5, 5.41) is 66.5. The fourth-order valence-corrected chi connectivity index (χ4v) is 5.42. The molecule has 1 aliphatic heterocycles. The van der Waals surface area contributed by atoms with E-state index in [0.717, 1.165) is 5.56 Å². The third-order valence-corrected chi connectivity index (χ3v) is 8.28. The largest absolute Gasteiger partial charge is 0.508 e. The monoisotopic (exact) mass is 624 g/mol. The van der Waals surface area contributed by atoms with Crippen LogP contribution in [0, 0.1) is 11.8 Å². The van der Waals surface area contributed by atoms with E-state index in [9.17, 15) is 40.2 Å². The summed E-state index contributed by atoms with van der Waals surface area (Å²) >= 11 is 0. The Labute approximate surface area is 257 Å². The molecule has 0 radical (unpaired) electrons. The van der Waals surface area contributed by atoms with E-state index < -0.39 is 42.4 Å². The minimum atomic E-state index is -2.75. The van der Waals surface area contributed by atoms with Gasteiger partial charge in [-0.1, -0.05) is 26.0 Å². The molecule has 2 aromatic carbocycles. The lowest BCUT2D eigenvalue weighted by atomic mass is 9.84. The van der Waals surface area contributed by atoms with Crippen molar-refractivity contribution in [2.24, 2.45) is 11.8 Å². The number of nitrogens with one attached hydrogen (secondary N) is 2. The third kappa shape index (κ3) is 6.45. The molecule has 1 aliphatic rings. The maximum atomic E-state index is 13.2. The number of carboxylic acids is 1. The van der Waals surface area contributed by atoms with E-state index in [1.165, 1.54) is 36.6 Å². The number of aliphatic carboxylic acids is 1. The van der Waals surface area contributed by atoms with E-state index in [4.69, 9.17) is 13.9 Å². The van der Waals surface area contributed by atoms with Gasteiger partial charge in [-0.15, -0.1) is 0 Å². The second kappa shape index (κ2) is 13.0. The molecule has 0 aliphatic carbocycles. The molecule has 0 saturated carbocycles. The number of carbonyl (C=O) groups is 1. The Morgan fingerprint density at radius 1 is 1.13 bits per heavy atom. The maximum Gasteiger partial charge on any atom is 0.335 e. The highest BCUT2D eigenvalue weighted by atomic mass is 16.7. The molecule has 13 nitrogen and oxygen atoms in total. The highest BCUT2D eigenvalue weighted by Crippen LogP contribution is 2.35. The summed E-state index contributed by atoms with van der Waals surface area (Å²) < 4.78 is 16.9. The fourth-order valence-electron chi connectivity index (χ4n) is 5.42. The average molecular weight is 625 g/mol. The first-order valence-electron chi connectivity index (χ1n) is 14.4. The van der Waals surface area contributed by atoms with Crippen LogP contribution >= 0.6 is 0 Å². The number of H-pyrrole nitrogens is 1. The van der Waals surface area contributed by atoms with Gasteiger partial charge in [0.25, 0.3) is 0 Å². The summed E-state index contributed by atoms with van der Waals surface area (Å²) in [5.41, 5.74) is -1.25. The molecule has 3 heterocycles. The number of benzene rings is 2. The minimum Gasteiger partial charge on any atom is -0.508 e. The van der Waals surface area contributed by atoms with Crippen LogP contribution in [0.4, 0.5) is 0 Å². The fraction of sp³-hybridized carbons (Fsp3) is 0.375. The van der Waals surface area contributed by atoms with Crippen LogP contribution in [-0.2, 0) is 16.0 Å². The van der Waals surface area contributed by atoms with Crippen LogP contribution in [0.1, 0.15) is 19.4 Å². The summed E-state index contributed by atoms with van der Waals surface area (Å²) in [4.78, 5) is 28.0. The Hall–Kier alpha value is -4.24. The molecule has 240 valence electrons. The first-order valence-corrected chi connectivity index (χ1v) is 14.4. The number of phenols is 1. The summed E-state index contributed by atoms with van der Waals surface area (Å²) in [6, 6.07) is 12.0. The second-order valence-corrected chi connectivity index (χ2v) is 11.6. The summed E-state index contributed by atoms with van der Waals surface area (Å²) in [6.45, 7) is 4.17. The summed E-state index contributed by atoms with van der Waals surface area (Å²) in [5.74, 6) is -1.52. The van der Waals surface area contributed by atoms with Crippen molar-refractivity contribution in [3.8, 4) is 22.6 Å². The van der Waals surface area contributed by atoms with Crippen LogP contribution in [0.25, 0.3) is 22.1 Å². The van der Waals surface area contributed by atoms with Gasteiger partial charge in [-0.3, -0.25) is 10.1 Å². The van der Waals surface area contributed by atoms with Crippen LogP contribution in [0.5, 0.6) is 11.5 Å². The summed E-state index contributed by atoms with van der Waals surface area (Å²) in [7, 11) is 0. The van der Waals surface area contributed by atoms with Crippen molar-refractivity contribution < 1.29 is 49.3 Å². The molecular formula is C32H36N2O11. The molecule has 45 heavy (non-hydrogen) atoms. The van der Waals surface area contributed by atoms with Gasteiger partial charge in [-0.25, -0.2) is 4.79 Å². The van der Waals surface area contributed by atoms with Gasteiger partial charge in [0.1, 0.15) is 41.8 Å².